The van der Waals surface area contributed by atoms with Gasteiger partial charge in [-0.25, -0.2) is 0 Å². The molecule has 1 heteroatoms. The van der Waals surface area contributed by atoms with Crippen LogP contribution >= 0.6 is 0 Å². The third-order valence-electron chi connectivity index (χ3n) is 5.76. The molecular weight excluding hydrogens is 254 g/mol. The highest BCUT2D eigenvalue weighted by atomic mass is 14.9. The Morgan fingerprint density at radius 2 is 1.90 bits per heavy atom. The van der Waals surface area contributed by atoms with Crippen molar-refractivity contribution in [2.45, 2.75) is 71.3 Å². The van der Waals surface area contributed by atoms with Crippen LogP contribution in [-0.4, -0.2) is 12.6 Å². The van der Waals surface area contributed by atoms with Gasteiger partial charge >= 0.3 is 0 Å². The maximum atomic E-state index is 3.79. The molecule has 21 heavy (non-hydrogen) atoms. The summed E-state index contributed by atoms with van der Waals surface area (Å²) in [6.45, 7) is 8.14. The predicted octanol–water partition coefficient (Wildman–Crippen LogP) is 4.97. The molecule has 0 saturated heterocycles. The van der Waals surface area contributed by atoms with Gasteiger partial charge in [-0.2, -0.15) is 0 Å². The molecule has 3 atom stereocenters. The van der Waals surface area contributed by atoms with Gasteiger partial charge in [0.2, 0.25) is 0 Å². The van der Waals surface area contributed by atoms with E-state index in [-0.39, 0.29) is 0 Å². The smallest absolute Gasteiger partial charge is 0.00683 e. The largest absolute Gasteiger partial charge is 0.314 e. The minimum atomic E-state index is 0.773. The molecule has 2 fully saturated rings. The zero-order chi connectivity index (χ0) is 14.8. The predicted molar refractivity (Wildman–Crippen MR) is 90.8 cm³/mol. The van der Waals surface area contributed by atoms with Gasteiger partial charge in [-0.15, -0.1) is 0 Å². The quantitative estimate of drug-likeness (QED) is 0.806. The van der Waals surface area contributed by atoms with Crippen molar-refractivity contribution in [1.82, 2.24) is 5.32 Å². The summed E-state index contributed by atoms with van der Waals surface area (Å²) in [4.78, 5) is 0. The Balaban J connectivity index is 1.78. The number of aryl methyl sites for hydroxylation is 2. The van der Waals surface area contributed by atoms with Crippen molar-refractivity contribution in [1.29, 1.82) is 0 Å². The van der Waals surface area contributed by atoms with Crippen molar-refractivity contribution >= 4 is 0 Å². The Morgan fingerprint density at radius 1 is 1.10 bits per heavy atom. The molecular formula is C20H31N. The number of rotatable bonds is 5. The fourth-order valence-corrected chi connectivity index (χ4v) is 4.08. The normalized spacial score (nSPS) is 29.6. The molecule has 2 aliphatic rings. The molecule has 1 aromatic rings. The first-order valence-corrected chi connectivity index (χ1v) is 8.98. The fraction of sp³-hybridized carbons (Fsp3) is 0.700. The van der Waals surface area contributed by atoms with Gasteiger partial charge in [0.1, 0.15) is 0 Å². The van der Waals surface area contributed by atoms with Gasteiger partial charge in [0, 0.05) is 6.04 Å². The molecule has 2 saturated carbocycles. The average molecular weight is 285 g/mol. The van der Waals surface area contributed by atoms with Gasteiger partial charge in [0.25, 0.3) is 0 Å². The lowest BCUT2D eigenvalue weighted by Gasteiger charge is -2.37. The number of hydrogen-bond donors (Lipinski definition) is 1. The summed E-state index contributed by atoms with van der Waals surface area (Å²) in [5, 5.41) is 3.79. The Morgan fingerprint density at radius 3 is 2.62 bits per heavy atom. The lowest BCUT2D eigenvalue weighted by Crippen LogP contribution is -2.33. The van der Waals surface area contributed by atoms with E-state index in [1.807, 2.05) is 0 Å². The van der Waals surface area contributed by atoms with E-state index in [0.717, 1.165) is 23.8 Å². The van der Waals surface area contributed by atoms with Crippen LogP contribution in [0.2, 0.25) is 0 Å². The van der Waals surface area contributed by atoms with E-state index < -0.39 is 0 Å². The maximum Gasteiger partial charge on any atom is 0.00683 e. The molecule has 0 bridgehead atoms. The highest BCUT2D eigenvalue weighted by Gasteiger charge is 2.32. The monoisotopic (exact) mass is 285 g/mol. The molecule has 1 N–H and O–H groups in total. The van der Waals surface area contributed by atoms with Crippen molar-refractivity contribution in [3.05, 3.63) is 34.9 Å². The summed E-state index contributed by atoms with van der Waals surface area (Å²) in [7, 11) is 0. The van der Waals surface area contributed by atoms with E-state index in [1.165, 1.54) is 56.2 Å². The van der Waals surface area contributed by atoms with Crippen LogP contribution in [0.1, 0.15) is 68.1 Å². The third kappa shape index (κ3) is 3.69. The third-order valence-corrected chi connectivity index (χ3v) is 5.76. The van der Waals surface area contributed by atoms with Crippen LogP contribution in [0.5, 0.6) is 0 Å². The van der Waals surface area contributed by atoms with Gasteiger partial charge in [-0.3, -0.25) is 0 Å². The topological polar surface area (TPSA) is 12.0 Å². The lowest BCUT2D eigenvalue weighted by atomic mass is 9.69. The zero-order valence-electron chi connectivity index (χ0n) is 14.0. The second-order valence-electron chi connectivity index (χ2n) is 7.50. The number of benzene rings is 1. The molecule has 2 aliphatic carbocycles. The number of hydrogen-bond acceptors (Lipinski definition) is 1. The van der Waals surface area contributed by atoms with Gasteiger partial charge in [-0.1, -0.05) is 43.5 Å². The number of nitrogens with one attached hydrogen (secondary N) is 1. The van der Waals surface area contributed by atoms with Crippen LogP contribution in [0, 0.1) is 25.7 Å². The minimum absolute atomic E-state index is 0.773. The standard InChI is InChI=1S/C20H31N/c1-4-16-7-8-17(13-21-18-9-10-18)20(12-16)19-11-14(2)5-6-15(19)3/h5-6,11,16-18,20-21H,4,7-10,12-13H2,1-3H3. The molecule has 0 aromatic heterocycles. The summed E-state index contributed by atoms with van der Waals surface area (Å²) in [5.41, 5.74) is 4.55. The van der Waals surface area contributed by atoms with Crippen molar-refractivity contribution < 1.29 is 0 Å². The maximum absolute atomic E-state index is 3.79. The van der Waals surface area contributed by atoms with Crippen LogP contribution in [0.15, 0.2) is 18.2 Å². The van der Waals surface area contributed by atoms with Crippen LogP contribution < -0.4 is 5.32 Å². The van der Waals surface area contributed by atoms with Crippen molar-refractivity contribution in [2.24, 2.45) is 11.8 Å². The average Bonchev–Trinajstić information content (AvgIpc) is 3.32. The second kappa shape index (κ2) is 6.52. The van der Waals surface area contributed by atoms with E-state index in [9.17, 15) is 0 Å². The van der Waals surface area contributed by atoms with E-state index in [2.05, 4.69) is 44.3 Å². The Bertz CT molecular complexity index is 475. The highest BCUT2D eigenvalue weighted by molar-refractivity contribution is 5.34. The summed E-state index contributed by atoms with van der Waals surface area (Å²) in [5.74, 6) is 2.55. The molecule has 0 spiro atoms. The molecule has 116 valence electrons. The Labute approximate surface area is 130 Å². The molecule has 3 rings (SSSR count). The van der Waals surface area contributed by atoms with Gasteiger partial charge in [0.05, 0.1) is 0 Å². The molecule has 0 radical (unpaired) electrons. The van der Waals surface area contributed by atoms with Crippen LogP contribution in [0.25, 0.3) is 0 Å². The summed E-state index contributed by atoms with van der Waals surface area (Å²) < 4.78 is 0. The fourth-order valence-electron chi connectivity index (χ4n) is 4.08. The van der Waals surface area contributed by atoms with Crippen molar-refractivity contribution in [3.63, 3.8) is 0 Å². The van der Waals surface area contributed by atoms with E-state index in [4.69, 9.17) is 0 Å². The summed E-state index contributed by atoms with van der Waals surface area (Å²) in [6.07, 6.45) is 8.41. The molecule has 1 aromatic carbocycles. The molecule has 0 aliphatic heterocycles. The van der Waals surface area contributed by atoms with E-state index in [0.29, 0.717) is 0 Å². The van der Waals surface area contributed by atoms with Gasteiger partial charge in [-0.05, 0) is 75.0 Å². The SMILES string of the molecule is CCC1CCC(CNC2CC2)C(c2cc(C)ccc2C)C1. The molecule has 1 nitrogen and oxygen atoms in total. The van der Waals surface area contributed by atoms with Gasteiger partial charge in [0.15, 0.2) is 0 Å². The lowest BCUT2D eigenvalue weighted by molar-refractivity contribution is 0.224. The van der Waals surface area contributed by atoms with Gasteiger partial charge < -0.3 is 5.32 Å². The van der Waals surface area contributed by atoms with Crippen LogP contribution in [-0.2, 0) is 0 Å². The summed E-state index contributed by atoms with van der Waals surface area (Å²) in [6, 6.07) is 7.89. The zero-order valence-corrected chi connectivity index (χ0v) is 14.0. The first kappa shape index (κ1) is 15.1. The first-order chi connectivity index (χ1) is 10.2. The second-order valence-corrected chi connectivity index (χ2v) is 7.50. The van der Waals surface area contributed by atoms with Crippen molar-refractivity contribution in [2.75, 3.05) is 6.54 Å². The van der Waals surface area contributed by atoms with Crippen LogP contribution in [0.4, 0.5) is 0 Å². The Kier molecular flexibility index (Phi) is 4.69. The molecule has 0 heterocycles. The van der Waals surface area contributed by atoms with Crippen LogP contribution in [0.3, 0.4) is 0 Å². The summed E-state index contributed by atoms with van der Waals surface area (Å²) >= 11 is 0. The molecule has 0 amide bonds. The minimum Gasteiger partial charge on any atom is -0.314 e. The van der Waals surface area contributed by atoms with E-state index >= 15 is 0 Å². The Hall–Kier alpha value is -0.820. The highest BCUT2D eigenvalue weighted by Crippen LogP contribution is 2.43. The van der Waals surface area contributed by atoms with Crippen molar-refractivity contribution in [3.8, 4) is 0 Å². The first-order valence-electron chi connectivity index (χ1n) is 8.98. The molecule has 3 unspecified atom stereocenters. The van der Waals surface area contributed by atoms with E-state index in [1.54, 1.807) is 5.56 Å².